The minimum atomic E-state index is -3.64. The smallest absolute Gasteiger partial charge is 0.262 e. The van der Waals surface area contributed by atoms with E-state index in [4.69, 9.17) is 0 Å². The molecule has 0 aliphatic carbocycles. The first-order chi connectivity index (χ1) is 10.1. The van der Waals surface area contributed by atoms with Gasteiger partial charge in [-0.1, -0.05) is 36.4 Å². The van der Waals surface area contributed by atoms with E-state index in [9.17, 15) is 8.42 Å². The quantitative estimate of drug-likeness (QED) is 0.806. The Labute approximate surface area is 123 Å². The van der Waals surface area contributed by atoms with Gasteiger partial charge in [-0.15, -0.1) is 0 Å². The summed E-state index contributed by atoms with van der Waals surface area (Å²) < 4.78 is 27.7. The lowest BCUT2D eigenvalue weighted by Gasteiger charge is -2.10. The van der Waals surface area contributed by atoms with Crippen molar-refractivity contribution < 1.29 is 8.42 Å². The van der Waals surface area contributed by atoms with E-state index in [1.807, 2.05) is 31.2 Å². The number of hydrogen-bond donors (Lipinski definition) is 1. The molecule has 106 valence electrons. The van der Waals surface area contributed by atoms with Crippen LogP contribution in [-0.2, 0) is 10.0 Å². The Kier molecular flexibility index (Phi) is 3.35. The largest absolute Gasteiger partial charge is 0.278 e. The van der Waals surface area contributed by atoms with Crippen molar-refractivity contribution in [1.29, 1.82) is 0 Å². The molecule has 0 aliphatic rings. The van der Waals surface area contributed by atoms with Crippen molar-refractivity contribution in [2.24, 2.45) is 0 Å². The molecule has 0 spiro atoms. The average Bonchev–Trinajstić information content (AvgIpc) is 2.49. The monoisotopic (exact) mass is 298 g/mol. The highest BCUT2D eigenvalue weighted by atomic mass is 32.2. The van der Waals surface area contributed by atoms with Gasteiger partial charge in [0.25, 0.3) is 10.0 Å². The molecule has 1 aromatic heterocycles. The fourth-order valence-electron chi connectivity index (χ4n) is 2.17. The number of benzene rings is 2. The molecule has 4 nitrogen and oxygen atoms in total. The van der Waals surface area contributed by atoms with Gasteiger partial charge < -0.3 is 0 Å². The lowest BCUT2D eigenvalue weighted by molar-refractivity contribution is 0.602. The first kappa shape index (κ1) is 13.6. The molecule has 2 aromatic carbocycles. The Morgan fingerprint density at radius 3 is 2.48 bits per heavy atom. The number of hydrogen-bond acceptors (Lipinski definition) is 3. The first-order valence-electron chi connectivity index (χ1n) is 6.49. The molecule has 0 saturated carbocycles. The van der Waals surface area contributed by atoms with E-state index in [0.29, 0.717) is 11.1 Å². The zero-order valence-corrected chi connectivity index (χ0v) is 12.3. The number of fused-ring (bicyclic) bond motifs is 1. The lowest BCUT2D eigenvalue weighted by Crippen LogP contribution is -2.13. The molecular formula is C16H14N2O2S. The summed E-state index contributed by atoms with van der Waals surface area (Å²) in [6.45, 7) is 1.85. The molecular weight excluding hydrogens is 284 g/mol. The molecule has 5 heteroatoms. The van der Waals surface area contributed by atoms with Crippen LogP contribution in [0.15, 0.2) is 65.7 Å². The summed E-state index contributed by atoms with van der Waals surface area (Å²) in [6, 6.07) is 16.1. The Bertz CT molecular complexity index is 882. The van der Waals surface area contributed by atoms with E-state index >= 15 is 0 Å². The van der Waals surface area contributed by atoms with Crippen molar-refractivity contribution >= 4 is 26.5 Å². The SMILES string of the molecule is Cc1ccc(NS(=O)(=O)c2cccc3ccccc23)cn1. The van der Waals surface area contributed by atoms with E-state index in [2.05, 4.69) is 9.71 Å². The number of pyridine rings is 1. The second-order valence-electron chi connectivity index (χ2n) is 4.77. The van der Waals surface area contributed by atoms with Crippen LogP contribution in [0.2, 0.25) is 0 Å². The Morgan fingerprint density at radius 1 is 0.952 bits per heavy atom. The highest BCUT2D eigenvalue weighted by molar-refractivity contribution is 7.93. The fraction of sp³-hybridized carbons (Fsp3) is 0.0625. The predicted octanol–water partition coefficient (Wildman–Crippen LogP) is 3.34. The maximum Gasteiger partial charge on any atom is 0.262 e. The van der Waals surface area contributed by atoms with Gasteiger partial charge in [0.05, 0.1) is 16.8 Å². The maximum atomic E-state index is 12.6. The molecule has 0 fully saturated rings. The van der Waals surface area contributed by atoms with E-state index in [0.717, 1.165) is 11.1 Å². The average molecular weight is 298 g/mol. The number of sulfonamides is 1. The fourth-order valence-corrected chi connectivity index (χ4v) is 3.44. The highest BCUT2D eigenvalue weighted by Crippen LogP contribution is 2.24. The van der Waals surface area contributed by atoms with Crippen LogP contribution in [0.4, 0.5) is 5.69 Å². The van der Waals surface area contributed by atoms with Gasteiger partial charge in [0.1, 0.15) is 0 Å². The number of aryl methyl sites for hydroxylation is 1. The normalized spacial score (nSPS) is 11.5. The van der Waals surface area contributed by atoms with Gasteiger partial charge in [0.15, 0.2) is 0 Å². The molecule has 21 heavy (non-hydrogen) atoms. The Morgan fingerprint density at radius 2 is 1.71 bits per heavy atom. The van der Waals surface area contributed by atoms with Gasteiger partial charge in [-0.3, -0.25) is 9.71 Å². The van der Waals surface area contributed by atoms with E-state index in [1.165, 1.54) is 6.20 Å². The van der Waals surface area contributed by atoms with Crippen LogP contribution in [0.5, 0.6) is 0 Å². The molecule has 0 radical (unpaired) electrons. The summed E-state index contributed by atoms with van der Waals surface area (Å²) in [4.78, 5) is 4.36. The maximum absolute atomic E-state index is 12.6. The van der Waals surface area contributed by atoms with Crippen LogP contribution in [0, 0.1) is 6.92 Å². The minimum Gasteiger partial charge on any atom is -0.278 e. The van der Waals surface area contributed by atoms with Gasteiger partial charge in [-0.2, -0.15) is 0 Å². The Balaban J connectivity index is 2.06. The van der Waals surface area contributed by atoms with Gasteiger partial charge >= 0.3 is 0 Å². The third-order valence-electron chi connectivity index (χ3n) is 3.20. The first-order valence-corrected chi connectivity index (χ1v) is 7.98. The van der Waals surface area contributed by atoms with E-state index in [1.54, 1.807) is 30.3 Å². The number of rotatable bonds is 3. The molecule has 1 heterocycles. The van der Waals surface area contributed by atoms with Crippen molar-refractivity contribution in [2.45, 2.75) is 11.8 Å². The topological polar surface area (TPSA) is 59.1 Å². The summed E-state index contributed by atoms with van der Waals surface area (Å²) in [7, 11) is -3.64. The third-order valence-corrected chi connectivity index (χ3v) is 4.64. The number of anilines is 1. The molecule has 0 amide bonds. The van der Waals surface area contributed by atoms with Crippen LogP contribution < -0.4 is 4.72 Å². The molecule has 0 bridgehead atoms. The van der Waals surface area contributed by atoms with Crippen molar-refractivity contribution in [3.8, 4) is 0 Å². The molecule has 0 atom stereocenters. The molecule has 3 rings (SSSR count). The summed E-state index contributed by atoms with van der Waals surface area (Å²) in [6.07, 6.45) is 1.51. The Hall–Kier alpha value is -2.40. The van der Waals surface area contributed by atoms with Crippen molar-refractivity contribution in [1.82, 2.24) is 4.98 Å². The van der Waals surface area contributed by atoms with Gasteiger partial charge in [0.2, 0.25) is 0 Å². The third kappa shape index (κ3) is 2.73. The van der Waals surface area contributed by atoms with Gasteiger partial charge in [-0.05, 0) is 30.5 Å². The van der Waals surface area contributed by atoms with Crippen molar-refractivity contribution in [2.75, 3.05) is 4.72 Å². The standard InChI is InChI=1S/C16H14N2O2S/c1-12-9-10-14(11-17-12)18-21(19,20)16-8-4-6-13-5-2-3-7-15(13)16/h2-11,18H,1H3. The summed E-state index contributed by atoms with van der Waals surface area (Å²) in [5.41, 5.74) is 1.29. The zero-order chi connectivity index (χ0) is 14.9. The summed E-state index contributed by atoms with van der Waals surface area (Å²) >= 11 is 0. The van der Waals surface area contributed by atoms with Gasteiger partial charge in [-0.25, -0.2) is 8.42 Å². The van der Waals surface area contributed by atoms with Crippen molar-refractivity contribution in [3.63, 3.8) is 0 Å². The highest BCUT2D eigenvalue weighted by Gasteiger charge is 2.17. The summed E-state index contributed by atoms with van der Waals surface area (Å²) in [5, 5.41) is 1.59. The van der Waals surface area contributed by atoms with Crippen LogP contribution >= 0.6 is 0 Å². The molecule has 0 saturated heterocycles. The minimum absolute atomic E-state index is 0.265. The van der Waals surface area contributed by atoms with Crippen LogP contribution in [0.25, 0.3) is 10.8 Å². The number of nitrogens with one attached hydrogen (secondary N) is 1. The molecule has 1 N–H and O–H groups in total. The second-order valence-corrected chi connectivity index (χ2v) is 6.42. The van der Waals surface area contributed by atoms with Gasteiger partial charge in [0, 0.05) is 11.1 Å². The predicted molar refractivity (Wildman–Crippen MR) is 83.7 cm³/mol. The summed E-state index contributed by atoms with van der Waals surface area (Å²) in [5.74, 6) is 0. The lowest BCUT2D eigenvalue weighted by atomic mass is 10.1. The van der Waals surface area contributed by atoms with E-state index < -0.39 is 10.0 Å². The zero-order valence-electron chi connectivity index (χ0n) is 11.4. The van der Waals surface area contributed by atoms with Crippen LogP contribution in [-0.4, -0.2) is 13.4 Å². The molecule has 0 unspecified atom stereocenters. The van der Waals surface area contributed by atoms with Crippen LogP contribution in [0.3, 0.4) is 0 Å². The van der Waals surface area contributed by atoms with Crippen LogP contribution in [0.1, 0.15) is 5.69 Å². The molecule has 0 aliphatic heterocycles. The molecule has 3 aromatic rings. The number of nitrogens with zero attached hydrogens (tertiary/aromatic N) is 1. The number of aromatic nitrogens is 1. The van der Waals surface area contributed by atoms with E-state index in [-0.39, 0.29) is 4.90 Å². The second kappa shape index (κ2) is 5.18. The van der Waals surface area contributed by atoms with Crippen molar-refractivity contribution in [3.05, 3.63) is 66.5 Å².